The lowest BCUT2D eigenvalue weighted by Crippen LogP contribution is -2.33. The van der Waals surface area contributed by atoms with E-state index in [1.54, 1.807) is 24.3 Å². The van der Waals surface area contributed by atoms with Crippen LogP contribution in [0.3, 0.4) is 0 Å². The number of benzene rings is 2. The first kappa shape index (κ1) is 22.7. The lowest BCUT2D eigenvalue weighted by Gasteiger charge is -2.27. The molecular weight excluding hydrogens is 448 g/mol. The molecule has 0 unspecified atom stereocenters. The molecule has 2 heterocycles. The largest absolute Gasteiger partial charge is 0.351 e. The number of anilines is 2. The Hall–Kier alpha value is -3.13. The number of nitrogens with zero attached hydrogens (tertiary/aromatic N) is 2. The summed E-state index contributed by atoms with van der Waals surface area (Å²) in [6.07, 6.45) is 6.84. The number of thioether (sulfide) groups is 1. The maximum atomic E-state index is 12.6. The van der Waals surface area contributed by atoms with Crippen molar-refractivity contribution >= 4 is 46.0 Å². The van der Waals surface area contributed by atoms with E-state index in [1.165, 1.54) is 35.7 Å². The van der Waals surface area contributed by atoms with Crippen molar-refractivity contribution in [2.75, 3.05) is 23.7 Å². The normalized spacial score (nSPS) is 19.5. The zero-order valence-corrected chi connectivity index (χ0v) is 19.8. The van der Waals surface area contributed by atoms with Crippen LogP contribution in [0.15, 0.2) is 47.5 Å². The summed E-state index contributed by atoms with van der Waals surface area (Å²) in [5, 5.41) is 6.05. The van der Waals surface area contributed by atoms with Crippen LogP contribution >= 0.6 is 11.8 Å². The Labute approximate surface area is 203 Å². The number of piperidine rings is 1. The van der Waals surface area contributed by atoms with Crippen molar-refractivity contribution in [3.05, 3.63) is 59.2 Å². The molecule has 1 fully saturated rings. The molecule has 2 aromatic carbocycles. The van der Waals surface area contributed by atoms with Gasteiger partial charge in [0.2, 0.25) is 5.91 Å². The lowest BCUT2D eigenvalue weighted by atomic mass is 10.1. The number of hydrogen-bond donors (Lipinski definition) is 2. The van der Waals surface area contributed by atoms with Gasteiger partial charge >= 0.3 is 0 Å². The van der Waals surface area contributed by atoms with Crippen LogP contribution in [0.25, 0.3) is 0 Å². The highest BCUT2D eigenvalue weighted by atomic mass is 32.2. The van der Waals surface area contributed by atoms with Crippen LogP contribution in [0, 0.1) is 0 Å². The minimum atomic E-state index is -0.478. The molecule has 3 amide bonds. The molecule has 0 saturated carbocycles. The quantitative estimate of drug-likeness (QED) is 0.674. The number of aliphatic imine (C=N–C) groups is 1. The molecule has 0 radical (unpaired) electrons. The van der Waals surface area contributed by atoms with Crippen molar-refractivity contribution in [2.24, 2.45) is 4.99 Å². The van der Waals surface area contributed by atoms with Gasteiger partial charge in [0.25, 0.3) is 11.8 Å². The Bertz CT molecular complexity index is 1140. The molecule has 3 aliphatic rings. The van der Waals surface area contributed by atoms with Crippen molar-refractivity contribution in [3.63, 3.8) is 0 Å². The SMILES string of the molecule is O=C(C[C@@H]1SC(N2CCCCC2)=NC1=O)Nc1ccc(C(=O)Nc2ccc3c(c2)CCC3)cc1. The summed E-state index contributed by atoms with van der Waals surface area (Å²) in [6.45, 7) is 1.84. The second kappa shape index (κ2) is 10.0. The second-order valence-corrected chi connectivity index (χ2v) is 10.2. The molecule has 1 atom stereocenters. The van der Waals surface area contributed by atoms with Crippen LogP contribution in [-0.2, 0) is 22.4 Å². The highest BCUT2D eigenvalue weighted by Gasteiger charge is 2.33. The zero-order valence-electron chi connectivity index (χ0n) is 19.0. The Balaban J connectivity index is 1.12. The molecule has 34 heavy (non-hydrogen) atoms. The van der Waals surface area contributed by atoms with Gasteiger partial charge in [0.15, 0.2) is 5.17 Å². The van der Waals surface area contributed by atoms with Crippen LogP contribution in [0.2, 0.25) is 0 Å². The zero-order chi connectivity index (χ0) is 23.5. The maximum absolute atomic E-state index is 12.6. The molecular formula is C26H28N4O3S. The number of likely N-dealkylation sites (tertiary alicyclic amines) is 1. The topological polar surface area (TPSA) is 90.9 Å². The number of nitrogens with one attached hydrogen (secondary N) is 2. The molecule has 0 aromatic heterocycles. The van der Waals surface area contributed by atoms with E-state index >= 15 is 0 Å². The monoisotopic (exact) mass is 476 g/mol. The fraction of sp³-hybridized carbons (Fsp3) is 0.385. The summed E-state index contributed by atoms with van der Waals surface area (Å²) < 4.78 is 0. The van der Waals surface area contributed by atoms with E-state index in [0.717, 1.165) is 49.6 Å². The van der Waals surface area contributed by atoms with E-state index in [4.69, 9.17) is 0 Å². The van der Waals surface area contributed by atoms with Gasteiger partial charge in [-0.25, -0.2) is 0 Å². The van der Waals surface area contributed by atoms with Crippen molar-refractivity contribution < 1.29 is 14.4 Å². The second-order valence-electron chi connectivity index (χ2n) is 9.01. The summed E-state index contributed by atoms with van der Waals surface area (Å²) in [4.78, 5) is 43.8. The third kappa shape index (κ3) is 5.17. The Morgan fingerprint density at radius 1 is 0.912 bits per heavy atom. The van der Waals surface area contributed by atoms with Gasteiger partial charge < -0.3 is 15.5 Å². The number of rotatable bonds is 5. The van der Waals surface area contributed by atoms with Crippen LogP contribution in [-0.4, -0.2) is 46.1 Å². The van der Waals surface area contributed by atoms with Crippen molar-refractivity contribution in [1.82, 2.24) is 4.90 Å². The fourth-order valence-corrected chi connectivity index (χ4v) is 5.78. The molecule has 2 aromatic rings. The molecule has 176 valence electrons. The molecule has 8 heteroatoms. The van der Waals surface area contributed by atoms with Gasteiger partial charge in [-0.15, -0.1) is 0 Å². The minimum Gasteiger partial charge on any atom is -0.351 e. The highest BCUT2D eigenvalue weighted by Crippen LogP contribution is 2.29. The summed E-state index contributed by atoms with van der Waals surface area (Å²) in [5.41, 5.74) is 4.58. The van der Waals surface area contributed by atoms with Gasteiger partial charge in [-0.1, -0.05) is 17.8 Å². The number of amides is 3. The van der Waals surface area contributed by atoms with E-state index in [2.05, 4.69) is 32.7 Å². The average Bonchev–Trinajstić information content (AvgIpc) is 3.46. The third-order valence-electron chi connectivity index (χ3n) is 6.51. The maximum Gasteiger partial charge on any atom is 0.262 e. The van der Waals surface area contributed by atoms with Crippen LogP contribution in [0.4, 0.5) is 11.4 Å². The lowest BCUT2D eigenvalue weighted by molar-refractivity contribution is -0.121. The van der Waals surface area contributed by atoms with Gasteiger partial charge in [0, 0.05) is 36.4 Å². The van der Waals surface area contributed by atoms with Crippen molar-refractivity contribution in [1.29, 1.82) is 0 Å². The van der Waals surface area contributed by atoms with E-state index in [1.807, 2.05) is 6.07 Å². The number of carbonyl (C=O) groups is 3. The number of amidine groups is 1. The number of aryl methyl sites for hydroxylation is 2. The van der Waals surface area contributed by atoms with E-state index in [9.17, 15) is 14.4 Å². The van der Waals surface area contributed by atoms with Crippen LogP contribution in [0.5, 0.6) is 0 Å². The number of fused-ring (bicyclic) bond motifs is 1. The summed E-state index contributed by atoms with van der Waals surface area (Å²) in [5.74, 6) is -0.665. The van der Waals surface area contributed by atoms with Crippen molar-refractivity contribution in [2.45, 2.75) is 50.2 Å². The summed E-state index contributed by atoms with van der Waals surface area (Å²) >= 11 is 1.39. The average molecular weight is 477 g/mol. The first-order valence-electron chi connectivity index (χ1n) is 11.9. The van der Waals surface area contributed by atoms with Gasteiger partial charge in [-0.3, -0.25) is 14.4 Å². The van der Waals surface area contributed by atoms with E-state index < -0.39 is 5.25 Å². The molecule has 1 aliphatic carbocycles. The Morgan fingerprint density at radius 3 is 2.44 bits per heavy atom. The summed E-state index contributed by atoms with van der Waals surface area (Å²) in [6, 6.07) is 12.9. The number of hydrogen-bond acceptors (Lipinski definition) is 5. The van der Waals surface area contributed by atoms with Gasteiger partial charge in [-0.05, 0) is 86.1 Å². The van der Waals surface area contributed by atoms with Gasteiger partial charge in [0.1, 0.15) is 5.25 Å². The first-order chi connectivity index (χ1) is 16.5. The number of carbonyl (C=O) groups excluding carboxylic acids is 3. The molecule has 0 bridgehead atoms. The molecule has 5 rings (SSSR count). The Morgan fingerprint density at radius 2 is 1.65 bits per heavy atom. The van der Waals surface area contributed by atoms with Crippen molar-refractivity contribution in [3.8, 4) is 0 Å². The predicted molar refractivity (Wildman–Crippen MR) is 135 cm³/mol. The van der Waals surface area contributed by atoms with Gasteiger partial charge in [0.05, 0.1) is 0 Å². The molecule has 0 spiro atoms. The van der Waals surface area contributed by atoms with E-state index in [0.29, 0.717) is 11.3 Å². The molecule has 7 nitrogen and oxygen atoms in total. The molecule has 1 saturated heterocycles. The smallest absolute Gasteiger partial charge is 0.262 e. The Kier molecular flexibility index (Phi) is 6.67. The standard InChI is InChI=1S/C26H28N4O3S/c31-23(16-22-25(33)29-26(34-22)30-13-2-1-3-14-30)27-20-10-8-18(9-11-20)24(32)28-21-12-7-17-5-4-6-19(17)15-21/h7-12,15,22H,1-6,13-14,16H2,(H,27,31)(H,28,32)/t22-/m0/s1. The van der Waals surface area contributed by atoms with Gasteiger partial charge in [-0.2, -0.15) is 4.99 Å². The molecule has 2 aliphatic heterocycles. The van der Waals surface area contributed by atoms with Crippen LogP contribution in [0.1, 0.15) is 53.6 Å². The first-order valence-corrected chi connectivity index (χ1v) is 12.8. The third-order valence-corrected chi connectivity index (χ3v) is 7.73. The fourth-order valence-electron chi connectivity index (χ4n) is 4.67. The minimum absolute atomic E-state index is 0.0743. The summed E-state index contributed by atoms with van der Waals surface area (Å²) in [7, 11) is 0. The predicted octanol–water partition coefficient (Wildman–Crippen LogP) is 4.24. The van der Waals surface area contributed by atoms with Crippen LogP contribution < -0.4 is 10.6 Å². The molecule has 2 N–H and O–H groups in total. The van der Waals surface area contributed by atoms with E-state index in [-0.39, 0.29) is 24.1 Å². The highest BCUT2D eigenvalue weighted by molar-refractivity contribution is 8.15.